The Morgan fingerprint density at radius 2 is 2.20 bits per heavy atom. The highest BCUT2D eigenvalue weighted by atomic mass is 16.2. The molecule has 0 saturated heterocycles. The average Bonchev–Trinajstić information content (AvgIpc) is 2.97. The lowest BCUT2D eigenvalue weighted by Gasteiger charge is -2.12. The smallest absolute Gasteiger partial charge is 0.290 e. The summed E-state index contributed by atoms with van der Waals surface area (Å²) in [4.78, 5) is 16.1. The Bertz CT molecular complexity index is 592. The molecule has 0 spiro atoms. The van der Waals surface area contributed by atoms with Gasteiger partial charge < -0.3 is 5.32 Å². The van der Waals surface area contributed by atoms with Gasteiger partial charge in [0.2, 0.25) is 5.82 Å². The highest BCUT2D eigenvalue weighted by Crippen LogP contribution is 2.17. The van der Waals surface area contributed by atoms with E-state index in [1.807, 2.05) is 34.0 Å². The van der Waals surface area contributed by atoms with Gasteiger partial charge in [0.05, 0.1) is 6.20 Å². The number of amides is 1. The molecule has 2 aromatic heterocycles. The van der Waals surface area contributed by atoms with Crippen molar-refractivity contribution in [3.8, 4) is 0 Å². The van der Waals surface area contributed by atoms with Gasteiger partial charge in [-0.15, -0.1) is 5.10 Å². The molecule has 0 saturated carbocycles. The number of aromatic amines is 1. The van der Waals surface area contributed by atoms with E-state index >= 15 is 0 Å². The number of hydrogen-bond donors (Lipinski definition) is 2. The van der Waals surface area contributed by atoms with Crippen LogP contribution in [0, 0.1) is 0 Å². The Kier molecular flexibility index (Phi) is 3.87. The van der Waals surface area contributed by atoms with Gasteiger partial charge in [-0.25, -0.2) is 4.98 Å². The molecule has 108 valence electrons. The fourth-order valence-electron chi connectivity index (χ4n) is 1.70. The molecule has 7 heteroatoms. The minimum absolute atomic E-state index is 0.152. The van der Waals surface area contributed by atoms with Crippen LogP contribution in [0.25, 0.3) is 0 Å². The van der Waals surface area contributed by atoms with Crippen molar-refractivity contribution >= 4 is 5.91 Å². The summed E-state index contributed by atoms with van der Waals surface area (Å²) in [5, 5.41) is 13.6. The van der Waals surface area contributed by atoms with Crippen LogP contribution in [0.2, 0.25) is 0 Å². The first kappa shape index (κ1) is 14.2. The van der Waals surface area contributed by atoms with E-state index in [1.54, 1.807) is 10.9 Å². The Hall–Kier alpha value is -2.18. The molecule has 0 aromatic carbocycles. The topological polar surface area (TPSA) is 88.5 Å². The van der Waals surface area contributed by atoms with E-state index in [4.69, 9.17) is 0 Å². The van der Waals surface area contributed by atoms with Crippen molar-refractivity contribution in [1.29, 1.82) is 0 Å². The highest BCUT2D eigenvalue weighted by Gasteiger charge is 2.20. The van der Waals surface area contributed by atoms with E-state index in [2.05, 4.69) is 25.6 Å². The Morgan fingerprint density at radius 3 is 2.75 bits per heavy atom. The molecule has 0 radical (unpaired) electrons. The van der Waals surface area contributed by atoms with E-state index in [-0.39, 0.29) is 17.1 Å². The number of aromatic nitrogens is 5. The van der Waals surface area contributed by atoms with Gasteiger partial charge in [0.25, 0.3) is 5.91 Å². The van der Waals surface area contributed by atoms with Crippen molar-refractivity contribution in [3.05, 3.63) is 29.6 Å². The van der Waals surface area contributed by atoms with Crippen LogP contribution in [0.3, 0.4) is 0 Å². The van der Waals surface area contributed by atoms with Crippen LogP contribution in [-0.2, 0) is 18.9 Å². The summed E-state index contributed by atoms with van der Waals surface area (Å²) in [6, 6.07) is 0. The molecule has 1 amide bonds. The van der Waals surface area contributed by atoms with Crippen LogP contribution in [-0.4, -0.2) is 37.4 Å². The van der Waals surface area contributed by atoms with Crippen molar-refractivity contribution in [2.24, 2.45) is 7.05 Å². The second-order valence-electron chi connectivity index (χ2n) is 5.79. The van der Waals surface area contributed by atoms with Gasteiger partial charge in [-0.2, -0.15) is 5.10 Å². The number of hydrogen-bond acceptors (Lipinski definition) is 4. The van der Waals surface area contributed by atoms with Gasteiger partial charge in [-0.05, 0) is 12.0 Å². The van der Waals surface area contributed by atoms with Crippen LogP contribution in [0.5, 0.6) is 0 Å². The minimum Gasteiger partial charge on any atom is -0.349 e. The minimum atomic E-state index is -0.263. The molecule has 2 heterocycles. The second-order valence-corrected chi connectivity index (χ2v) is 5.79. The maximum atomic E-state index is 11.9. The molecule has 7 nitrogen and oxygen atoms in total. The summed E-state index contributed by atoms with van der Waals surface area (Å²) >= 11 is 0. The fourth-order valence-corrected chi connectivity index (χ4v) is 1.70. The number of aryl methyl sites for hydroxylation is 1. The molecule has 0 aliphatic carbocycles. The van der Waals surface area contributed by atoms with E-state index in [1.165, 1.54) is 0 Å². The summed E-state index contributed by atoms with van der Waals surface area (Å²) in [5.74, 6) is 0.622. The monoisotopic (exact) mass is 276 g/mol. The summed E-state index contributed by atoms with van der Waals surface area (Å²) < 4.78 is 1.74. The third-order valence-electron chi connectivity index (χ3n) is 2.86. The van der Waals surface area contributed by atoms with Gasteiger partial charge >= 0.3 is 0 Å². The van der Waals surface area contributed by atoms with Crippen molar-refractivity contribution in [3.63, 3.8) is 0 Å². The second kappa shape index (κ2) is 5.44. The lowest BCUT2D eigenvalue weighted by Crippen LogP contribution is -2.26. The molecule has 0 fully saturated rings. The predicted molar refractivity (Wildman–Crippen MR) is 74.3 cm³/mol. The molecule has 2 rings (SSSR count). The lowest BCUT2D eigenvalue weighted by atomic mass is 9.96. The van der Waals surface area contributed by atoms with Crippen LogP contribution in [0.1, 0.15) is 42.8 Å². The maximum Gasteiger partial charge on any atom is 0.290 e. The van der Waals surface area contributed by atoms with E-state index in [0.717, 1.165) is 12.0 Å². The van der Waals surface area contributed by atoms with Gasteiger partial charge in [0.1, 0.15) is 5.82 Å². The first-order valence-electron chi connectivity index (χ1n) is 6.55. The molecule has 0 unspecified atom stereocenters. The summed E-state index contributed by atoms with van der Waals surface area (Å²) in [6.07, 6.45) is 4.45. The first-order chi connectivity index (χ1) is 9.36. The number of H-pyrrole nitrogens is 1. The maximum absolute atomic E-state index is 11.9. The van der Waals surface area contributed by atoms with Gasteiger partial charge in [-0.3, -0.25) is 14.6 Å². The van der Waals surface area contributed by atoms with Crippen molar-refractivity contribution < 1.29 is 4.79 Å². The third kappa shape index (κ3) is 3.43. The molecular formula is C13H20N6O. The average molecular weight is 276 g/mol. The van der Waals surface area contributed by atoms with Crippen LogP contribution >= 0.6 is 0 Å². The number of carbonyl (C=O) groups is 1. The van der Waals surface area contributed by atoms with Crippen LogP contribution in [0.4, 0.5) is 0 Å². The molecule has 2 N–H and O–H groups in total. The summed E-state index contributed by atoms with van der Waals surface area (Å²) in [7, 11) is 1.86. The molecule has 2 aromatic rings. The van der Waals surface area contributed by atoms with Crippen molar-refractivity contribution in [2.45, 2.75) is 32.6 Å². The Morgan fingerprint density at radius 1 is 1.45 bits per heavy atom. The van der Waals surface area contributed by atoms with E-state index < -0.39 is 0 Å². The Balaban J connectivity index is 1.87. The lowest BCUT2D eigenvalue weighted by molar-refractivity contribution is 0.0944. The molecule has 0 bridgehead atoms. The van der Waals surface area contributed by atoms with Gasteiger partial charge in [0.15, 0.2) is 0 Å². The molecule has 0 aliphatic rings. The highest BCUT2D eigenvalue weighted by molar-refractivity contribution is 5.90. The standard InChI is InChI=1S/C13H20N6O/c1-13(2,3)12-16-10(17-18-12)11(20)14-6-5-9-7-15-19(4)8-9/h7-8H,5-6H2,1-4H3,(H,14,20)(H,16,17,18). The molecular weight excluding hydrogens is 256 g/mol. The first-order valence-corrected chi connectivity index (χ1v) is 6.55. The Labute approximate surface area is 117 Å². The number of rotatable bonds is 4. The quantitative estimate of drug-likeness (QED) is 0.865. The summed E-state index contributed by atoms with van der Waals surface area (Å²) in [5.41, 5.74) is 0.930. The third-order valence-corrected chi connectivity index (χ3v) is 2.86. The normalized spacial score (nSPS) is 11.6. The van der Waals surface area contributed by atoms with Gasteiger partial charge in [0, 0.05) is 25.2 Å². The zero-order valence-corrected chi connectivity index (χ0v) is 12.3. The number of carbonyl (C=O) groups excluding carboxylic acids is 1. The SMILES string of the molecule is Cn1cc(CCNC(=O)c2n[nH]c(C(C)(C)C)n2)cn1. The number of nitrogens with one attached hydrogen (secondary N) is 2. The largest absolute Gasteiger partial charge is 0.349 e. The van der Waals surface area contributed by atoms with Crippen LogP contribution < -0.4 is 5.32 Å². The van der Waals surface area contributed by atoms with Crippen molar-refractivity contribution in [1.82, 2.24) is 30.3 Å². The van der Waals surface area contributed by atoms with Crippen LogP contribution in [0.15, 0.2) is 12.4 Å². The molecule has 0 aliphatic heterocycles. The summed E-state index contributed by atoms with van der Waals surface area (Å²) in [6.45, 7) is 6.57. The zero-order chi connectivity index (χ0) is 14.8. The van der Waals surface area contributed by atoms with Gasteiger partial charge in [-0.1, -0.05) is 20.8 Å². The van der Waals surface area contributed by atoms with E-state index in [9.17, 15) is 4.79 Å². The van der Waals surface area contributed by atoms with Crippen molar-refractivity contribution in [2.75, 3.05) is 6.54 Å². The molecule has 20 heavy (non-hydrogen) atoms. The van der Waals surface area contributed by atoms with E-state index in [0.29, 0.717) is 12.4 Å². The fraction of sp³-hybridized carbons (Fsp3) is 0.538. The molecule has 0 atom stereocenters. The number of nitrogens with zero attached hydrogens (tertiary/aromatic N) is 4. The predicted octanol–water partition coefficient (Wildman–Crippen LogP) is 0.808. The zero-order valence-electron chi connectivity index (χ0n) is 12.3.